The molecule has 0 aliphatic rings. The number of benzene rings is 1. The molecule has 1 N–H and O–H groups in total. The SMILES string of the molecule is O=C(CSc1ccc(F)cc1F)NCCc1cccs1. The van der Waals surface area contributed by atoms with E-state index in [0.717, 1.165) is 24.2 Å². The first-order chi connectivity index (χ1) is 9.65. The average molecular weight is 313 g/mol. The molecule has 1 heterocycles. The smallest absolute Gasteiger partial charge is 0.230 e. The van der Waals surface area contributed by atoms with Gasteiger partial charge in [-0.3, -0.25) is 4.79 Å². The summed E-state index contributed by atoms with van der Waals surface area (Å²) in [6, 6.07) is 7.32. The van der Waals surface area contributed by atoms with Crippen LogP contribution >= 0.6 is 23.1 Å². The van der Waals surface area contributed by atoms with E-state index in [1.807, 2.05) is 17.5 Å². The molecule has 0 spiro atoms. The fourth-order valence-electron chi connectivity index (χ4n) is 1.57. The first-order valence-corrected chi connectivity index (χ1v) is 7.88. The molecule has 0 aliphatic heterocycles. The number of amides is 1. The number of nitrogens with one attached hydrogen (secondary N) is 1. The maximum Gasteiger partial charge on any atom is 0.230 e. The summed E-state index contributed by atoms with van der Waals surface area (Å²) in [7, 11) is 0. The summed E-state index contributed by atoms with van der Waals surface area (Å²) in [6.45, 7) is 0.561. The average Bonchev–Trinajstić information content (AvgIpc) is 2.91. The van der Waals surface area contributed by atoms with Gasteiger partial charge in [0.15, 0.2) is 0 Å². The fraction of sp³-hybridized carbons (Fsp3) is 0.214. The number of carbonyl (C=O) groups excluding carboxylic acids is 1. The maximum absolute atomic E-state index is 13.3. The lowest BCUT2D eigenvalue weighted by molar-refractivity contribution is -0.118. The second-order valence-corrected chi connectivity index (χ2v) is 6.09. The first-order valence-electron chi connectivity index (χ1n) is 6.02. The molecule has 0 unspecified atom stereocenters. The van der Waals surface area contributed by atoms with Crippen molar-refractivity contribution in [3.05, 3.63) is 52.2 Å². The fourth-order valence-corrected chi connectivity index (χ4v) is 3.03. The Balaban J connectivity index is 1.72. The largest absolute Gasteiger partial charge is 0.355 e. The number of carbonyl (C=O) groups is 1. The van der Waals surface area contributed by atoms with E-state index in [9.17, 15) is 13.6 Å². The van der Waals surface area contributed by atoms with Crippen LogP contribution in [0.5, 0.6) is 0 Å². The third kappa shape index (κ3) is 4.61. The van der Waals surface area contributed by atoms with E-state index in [2.05, 4.69) is 5.32 Å². The van der Waals surface area contributed by atoms with Crippen LogP contribution in [0.15, 0.2) is 40.6 Å². The summed E-state index contributed by atoms with van der Waals surface area (Å²) in [4.78, 5) is 13.1. The number of hydrogen-bond donors (Lipinski definition) is 1. The number of hydrogen-bond acceptors (Lipinski definition) is 3. The normalized spacial score (nSPS) is 10.5. The second-order valence-electron chi connectivity index (χ2n) is 4.04. The summed E-state index contributed by atoms with van der Waals surface area (Å²) in [5, 5.41) is 4.76. The summed E-state index contributed by atoms with van der Waals surface area (Å²) < 4.78 is 26.1. The van der Waals surface area contributed by atoms with Crippen LogP contribution in [0.1, 0.15) is 4.88 Å². The van der Waals surface area contributed by atoms with Crippen molar-refractivity contribution < 1.29 is 13.6 Å². The van der Waals surface area contributed by atoms with E-state index in [-0.39, 0.29) is 16.6 Å². The molecule has 2 rings (SSSR count). The molecule has 0 saturated heterocycles. The monoisotopic (exact) mass is 313 g/mol. The van der Waals surface area contributed by atoms with Crippen molar-refractivity contribution in [2.75, 3.05) is 12.3 Å². The van der Waals surface area contributed by atoms with Gasteiger partial charge in [0.1, 0.15) is 11.6 Å². The Hall–Kier alpha value is -1.40. The van der Waals surface area contributed by atoms with E-state index in [4.69, 9.17) is 0 Å². The van der Waals surface area contributed by atoms with Crippen molar-refractivity contribution in [1.29, 1.82) is 0 Å². The molecule has 2 aromatic rings. The van der Waals surface area contributed by atoms with E-state index >= 15 is 0 Å². The van der Waals surface area contributed by atoms with Gasteiger partial charge in [0.05, 0.1) is 5.75 Å². The molecule has 106 valence electrons. The molecule has 20 heavy (non-hydrogen) atoms. The van der Waals surface area contributed by atoms with Gasteiger partial charge in [0, 0.05) is 22.4 Å². The van der Waals surface area contributed by atoms with E-state index < -0.39 is 11.6 Å². The standard InChI is InChI=1S/C14H13F2NOS2/c15-10-3-4-13(12(16)8-10)20-9-14(18)17-6-5-11-2-1-7-19-11/h1-4,7-8H,5-6,9H2,(H,17,18). The van der Waals surface area contributed by atoms with Crippen molar-refractivity contribution in [3.8, 4) is 0 Å². The third-order valence-electron chi connectivity index (χ3n) is 2.53. The lowest BCUT2D eigenvalue weighted by atomic mass is 10.3. The summed E-state index contributed by atoms with van der Waals surface area (Å²) >= 11 is 2.71. The summed E-state index contributed by atoms with van der Waals surface area (Å²) in [5.74, 6) is -1.29. The van der Waals surface area contributed by atoms with Gasteiger partial charge >= 0.3 is 0 Å². The molecule has 1 aromatic heterocycles. The highest BCUT2D eigenvalue weighted by atomic mass is 32.2. The lowest BCUT2D eigenvalue weighted by Gasteiger charge is -2.05. The van der Waals surface area contributed by atoms with Gasteiger partial charge in [-0.25, -0.2) is 8.78 Å². The Bertz CT molecular complexity index is 573. The van der Waals surface area contributed by atoms with Gasteiger partial charge in [0.25, 0.3) is 0 Å². The molecule has 0 radical (unpaired) electrons. The van der Waals surface area contributed by atoms with Crippen LogP contribution in [0, 0.1) is 11.6 Å². The van der Waals surface area contributed by atoms with Crippen molar-refractivity contribution in [2.24, 2.45) is 0 Å². The topological polar surface area (TPSA) is 29.1 Å². The Labute approximate surface area is 124 Å². The van der Waals surface area contributed by atoms with Gasteiger partial charge in [-0.1, -0.05) is 6.07 Å². The lowest BCUT2D eigenvalue weighted by Crippen LogP contribution is -2.27. The number of rotatable bonds is 6. The Kier molecular flexibility index (Phi) is 5.55. The molecule has 0 bridgehead atoms. The van der Waals surface area contributed by atoms with E-state index in [0.29, 0.717) is 6.54 Å². The van der Waals surface area contributed by atoms with Crippen molar-refractivity contribution in [1.82, 2.24) is 5.32 Å². The highest BCUT2D eigenvalue weighted by Gasteiger charge is 2.07. The first kappa shape index (κ1) is 15.0. The molecule has 0 aliphatic carbocycles. The highest BCUT2D eigenvalue weighted by Crippen LogP contribution is 2.21. The van der Waals surface area contributed by atoms with E-state index in [1.54, 1.807) is 11.3 Å². The second kappa shape index (κ2) is 7.40. The van der Waals surface area contributed by atoms with Gasteiger partial charge in [-0.05, 0) is 30.0 Å². The zero-order valence-corrected chi connectivity index (χ0v) is 12.2. The molecular formula is C14H13F2NOS2. The Morgan fingerprint density at radius 2 is 2.15 bits per heavy atom. The highest BCUT2D eigenvalue weighted by molar-refractivity contribution is 8.00. The molecule has 1 aromatic carbocycles. The summed E-state index contributed by atoms with van der Waals surface area (Å²) in [5.41, 5.74) is 0. The molecule has 0 atom stereocenters. The van der Waals surface area contributed by atoms with Gasteiger partial charge in [-0.15, -0.1) is 23.1 Å². The van der Waals surface area contributed by atoms with Gasteiger partial charge in [-0.2, -0.15) is 0 Å². The molecular weight excluding hydrogens is 300 g/mol. The van der Waals surface area contributed by atoms with Crippen LogP contribution in [0.2, 0.25) is 0 Å². The van der Waals surface area contributed by atoms with Crippen molar-refractivity contribution >= 4 is 29.0 Å². The zero-order valence-electron chi connectivity index (χ0n) is 10.6. The quantitative estimate of drug-likeness (QED) is 0.827. The molecule has 1 amide bonds. The molecule has 0 saturated carbocycles. The molecule has 2 nitrogen and oxygen atoms in total. The Morgan fingerprint density at radius 3 is 2.85 bits per heavy atom. The zero-order chi connectivity index (χ0) is 14.4. The number of thioether (sulfide) groups is 1. The predicted molar refractivity (Wildman–Crippen MR) is 78.1 cm³/mol. The minimum Gasteiger partial charge on any atom is -0.355 e. The predicted octanol–water partition coefficient (Wildman–Crippen LogP) is 3.48. The van der Waals surface area contributed by atoms with Crippen LogP contribution in [0.4, 0.5) is 8.78 Å². The van der Waals surface area contributed by atoms with E-state index in [1.165, 1.54) is 17.0 Å². The van der Waals surface area contributed by atoms with Crippen molar-refractivity contribution in [3.63, 3.8) is 0 Å². The van der Waals surface area contributed by atoms with Crippen LogP contribution in [0.3, 0.4) is 0 Å². The van der Waals surface area contributed by atoms with Gasteiger partial charge < -0.3 is 5.32 Å². The van der Waals surface area contributed by atoms with Gasteiger partial charge in [0.2, 0.25) is 5.91 Å². The van der Waals surface area contributed by atoms with Crippen molar-refractivity contribution in [2.45, 2.75) is 11.3 Å². The van der Waals surface area contributed by atoms with Crippen LogP contribution < -0.4 is 5.32 Å². The van der Waals surface area contributed by atoms with Crippen LogP contribution in [0.25, 0.3) is 0 Å². The number of thiophene rings is 1. The third-order valence-corrected chi connectivity index (χ3v) is 4.51. The maximum atomic E-state index is 13.3. The van der Waals surface area contributed by atoms with Crippen LogP contribution in [-0.4, -0.2) is 18.2 Å². The minimum atomic E-state index is -0.638. The molecule has 0 fully saturated rings. The Morgan fingerprint density at radius 1 is 1.30 bits per heavy atom. The summed E-state index contributed by atoms with van der Waals surface area (Å²) in [6.07, 6.45) is 0.791. The molecule has 6 heteroatoms. The van der Waals surface area contributed by atoms with Crippen LogP contribution in [-0.2, 0) is 11.2 Å². The number of halogens is 2. The minimum absolute atomic E-state index is 0.118.